The van der Waals surface area contributed by atoms with E-state index in [0.717, 1.165) is 11.3 Å². The van der Waals surface area contributed by atoms with E-state index in [9.17, 15) is 9.90 Å². The van der Waals surface area contributed by atoms with Crippen LogP contribution in [0, 0.1) is 13.8 Å². The van der Waals surface area contributed by atoms with Crippen molar-refractivity contribution >= 4 is 6.03 Å². The normalized spacial score (nSPS) is 15.0. The summed E-state index contributed by atoms with van der Waals surface area (Å²) in [5.74, 6) is 1.18. The summed E-state index contributed by atoms with van der Waals surface area (Å²) < 4.78 is 10.3. The summed E-state index contributed by atoms with van der Waals surface area (Å²) in [5.41, 5.74) is 1.64. The number of rotatable bonds is 6. The average molecular weight is 321 g/mol. The van der Waals surface area contributed by atoms with Crippen LogP contribution >= 0.6 is 0 Å². The quantitative estimate of drug-likeness (QED) is 0.759. The lowest BCUT2D eigenvalue weighted by Crippen LogP contribution is -2.42. The molecule has 0 saturated carbocycles. The van der Waals surface area contributed by atoms with Gasteiger partial charge in [-0.1, -0.05) is 5.16 Å². The van der Waals surface area contributed by atoms with Crippen LogP contribution in [0.3, 0.4) is 0 Å². The molecule has 2 aromatic rings. The predicted octanol–water partition coefficient (Wildman–Crippen LogP) is 2.76. The van der Waals surface area contributed by atoms with Crippen LogP contribution in [0.25, 0.3) is 0 Å². The summed E-state index contributed by atoms with van der Waals surface area (Å²) in [6.45, 7) is 7.35. The van der Waals surface area contributed by atoms with E-state index in [0.29, 0.717) is 17.9 Å². The van der Waals surface area contributed by atoms with E-state index in [-0.39, 0.29) is 18.1 Å². The molecule has 0 saturated heterocycles. The number of hydrogen-bond donors (Lipinski definition) is 3. The van der Waals surface area contributed by atoms with Gasteiger partial charge in [0.25, 0.3) is 0 Å². The van der Waals surface area contributed by atoms with Gasteiger partial charge < -0.3 is 24.7 Å². The van der Waals surface area contributed by atoms with Gasteiger partial charge in [-0.25, -0.2) is 4.79 Å². The molecule has 0 aliphatic rings. The Balaban J connectivity index is 1.84. The van der Waals surface area contributed by atoms with Crippen LogP contribution in [0.2, 0.25) is 0 Å². The fourth-order valence-electron chi connectivity index (χ4n) is 2.63. The maximum atomic E-state index is 12.1. The molecule has 0 fully saturated rings. The number of carbonyl (C=O) groups excluding carboxylic acids is 1. The van der Waals surface area contributed by atoms with Crippen LogP contribution in [0.15, 0.2) is 27.3 Å². The first-order valence-electron chi connectivity index (χ1n) is 7.59. The van der Waals surface area contributed by atoms with E-state index in [4.69, 9.17) is 8.94 Å². The molecule has 0 aliphatic carbocycles. The maximum Gasteiger partial charge on any atom is 0.315 e. The first kappa shape index (κ1) is 17.1. The van der Waals surface area contributed by atoms with Crippen LogP contribution in [-0.4, -0.2) is 22.3 Å². The smallest absolute Gasteiger partial charge is 0.315 e. The molecule has 7 nitrogen and oxygen atoms in total. The lowest BCUT2D eigenvalue weighted by molar-refractivity contribution is 0.129. The molecule has 2 aromatic heterocycles. The van der Waals surface area contributed by atoms with Crippen molar-refractivity contribution in [2.45, 2.75) is 52.3 Å². The van der Waals surface area contributed by atoms with Crippen molar-refractivity contribution in [2.75, 3.05) is 0 Å². The first-order valence-corrected chi connectivity index (χ1v) is 7.59. The zero-order valence-electron chi connectivity index (χ0n) is 13.8. The second-order valence-corrected chi connectivity index (χ2v) is 5.75. The van der Waals surface area contributed by atoms with Crippen molar-refractivity contribution in [1.29, 1.82) is 0 Å². The van der Waals surface area contributed by atoms with Gasteiger partial charge in [0.05, 0.1) is 18.0 Å². The van der Waals surface area contributed by atoms with Crippen LogP contribution in [-0.2, 0) is 0 Å². The van der Waals surface area contributed by atoms with Gasteiger partial charge in [-0.15, -0.1) is 0 Å². The molecule has 0 spiro atoms. The highest BCUT2D eigenvalue weighted by atomic mass is 16.5. The van der Waals surface area contributed by atoms with E-state index >= 15 is 0 Å². The second-order valence-electron chi connectivity index (χ2n) is 5.75. The van der Waals surface area contributed by atoms with Gasteiger partial charge in [-0.05, 0) is 39.8 Å². The fraction of sp³-hybridized carbons (Fsp3) is 0.500. The SMILES string of the molecule is Cc1noc(C)c1[C@H](C)NC(=O)N[C@@H](C)C[C@H](O)c1ccco1. The fourth-order valence-corrected chi connectivity index (χ4v) is 2.63. The summed E-state index contributed by atoms with van der Waals surface area (Å²) in [7, 11) is 0. The molecule has 2 amide bonds. The van der Waals surface area contributed by atoms with Crippen LogP contribution in [0.5, 0.6) is 0 Å². The minimum atomic E-state index is -0.750. The van der Waals surface area contributed by atoms with E-state index < -0.39 is 6.10 Å². The Hall–Kier alpha value is -2.28. The van der Waals surface area contributed by atoms with Gasteiger partial charge in [-0.3, -0.25) is 0 Å². The number of urea groups is 1. The molecule has 0 radical (unpaired) electrons. The predicted molar refractivity (Wildman–Crippen MR) is 83.8 cm³/mol. The summed E-state index contributed by atoms with van der Waals surface area (Å²) in [4.78, 5) is 12.1. The van der Waals surface area contributed by atoms with Gasteiger partial charge in [-0.2, -0.15) is 0 Å². The van der Waals surface area contributed by atoms with Gasteiger partial charge in [0, 0.05) is 18.0 Å². The molecule has 126 valence electrons. The topological polar surface area (TPSA) is 101 Å². The molecular weight excluding hydrogens is 298 g/mol. The first-order chi connectivity index (χ1) is 10.9. The molecule has 3 atom stereocenters. The number of nitrogens with one attached hydrogen (secondary N) is 2. The third kappa shape index (κ3) is 4.35. The van der Waals surface area contributed by atoms with Gasteiger partial charge in [0.2, 0.25) is 0 Å². The number of aryl methyl sites for hydroxylation is 2. The Kier molecular flexibility index (Phi) is 5.44. The van der Waals surface area contributed by atoms with Crippen LogP contribution in [0.4, 0.5) is 4.79 Å². The Bertz CT molecular complexity index is 616. The number of aliphatic hydroxyl groups excluding tert-OH is 1. The Morgan fingerprint density at radius 3 is 2.65 bits per heavy atom. The lowest BCUT2D eigenvalue weighted by atomic mass is 10.1. The highest BCUT2D eigenvalue weighted by Gasteiger charge is 2.20. The monoisotopic (exact) mass is 321 g/mol. The van der Waals surface area contributed by atoms with Crippen molar-refractivity contribution in [1.82, 2.24) is 15.8 Å². The molecule has 0 aliphatic heterocycles. The number of aromatic nitrogens is 1. The standard InChI is InChI=1S/C16H23N3O4/c1-9(8-13(20)14-6-5-7-22-14)17-16(21)18-10(2)15-11(3)19-23-12(15)4/h5-7,9-10,13,20H,8H2,1-4H3,(H2,17,18,21)/t9-,10-,13-/m0/s1. The molecule has 0 aromatic carbocycles. The Morgan fingerprint density at radius 1 is 1.35 bits per heavy atom. The molecule has 0 bridgehead atoms. The number of carbonyl (C=O) groups is 1. The molecule has 2 heterocycles. The minimum Gasteiger partial charge on any atom is -0.467 e. The van der Waals surface area contributed by atoms with E-state index in [1.54, 1.807) is 12.1 Å². The van der Waals surface area contributed by atoms with Gasteiger partial charge in [0.1, 0.15) is 17.6 Å². The highest BCUT2D eigenvalue weighted by molar-refractivity contribution is 5.74. The summed E-state index contributed by atoms with van der Waals surface area (Å²) >= 11 is 0. The number of amides is 2. The minimum absolute atomic E-state index is 0.216. The van der Waals surface area contributed by atoms with E-state index in [1.165, 1.54) is 6.26 Å². The molecular formula is C16H23N3O4. The largest absolute Gasteiger partial charge is 0.467 e. The molecule has 2 rings (SSSR count). The van der Waals surface area contributed by atoms with Crippen LogP contribution < -0.4 is 10.6 Å². The number of nitrogens with zero attached hydrogens (tertiary/aromatic N) is 1. The molecule has 3 N–H and O–H groups in total. The Labute approximate surface area is 135 Å². The third-order valence-electron chi connectivity index (χ3n) is 3.70. The number of aliphatic hydroxyl groups is 1. The lowest BCUT2D eigenvalue weighted by Gasteiger charge is -2.19. The van der Waals surface area contributed by atoms with Crippen molar-refractivity contribution in [3.05, 3.63) is 41.2 Å². The van der Waals surface area contributed by atoms with Gasteiger partial charge in [0.15, 0.2) is 0 Å². The third-order valence-corrected chi connectivity index (χ3v) is 3.70. The molecule has 7 heteroatoms. The summed E-state index contributed by atoms with van der Waals surface area (Å²) in [5, 5.41) is 19.5. The second kappa shape index (κ2) is 7.32. The number of furan rings is 1. The van der Waals surface area contributed by atoms with Crippen LogP contribution in [0.1, 0.15) is 55.2 Å². The van der Waals surface area contributed by atoms with Crippen molar-refractivity contribution in [2.24, 2.45) is 0 Å². The van der Waals surface area contributed by atoms with Gasteiger partial charge >= 0.3 is 6.03 Å². The average Bonchev–Trinajstić information content (AvgIpc) is 3.08. The van der Waals surface area contributed by atoms with Crippen molar-refractivity contribution < 1.29 is 18.8 Å². The highest BCUT2D eigenvalue weighted by Crippen LogP contribution is 2.21. The van der Waals surface area contributed by atoms with E-state index in [2.05, 4.69) is 15.8 Å². The summed E-state index contributed by atoms with van der Waals surface area (Å²) in [6.07, 6.45) is 1.12. The summed E-state index contributed by atoms with van der Waals surface area (Å²) in [6, 6.07) is 2.68. The zero-order valence-corrected chi connectivity index (χ0v) is 13.8. The zero-order chi connectivity index (χ0) is 17.0. The van der Waals surface area contributed by atoms with Crippen molar-refractivity contribution in [3.63, 3.8) is 0 Å². The maximum absolute atomic E-state index is 12.1. The molecule has 0 unspecified atom stereocenters. The van der Waals surface area contributed by atoms with Crippen molar-refractivity contribution in [3.8, 4) is 0 Å². The Morgan fingerprint density at radius 2 is 2.09 bits per heavy atom. The number of hydrogen-bond acceptors (Lipinski definition) is 5. The molecule has 23 heavy (non-hydrogen) atoms. The van der Waals surface area contributed by atoms with E-state index in [1.807, 2.05) is 27.7 Å².